The maximum absolute atomic E-state index is 13.7. The highest BCUT2D eigenvalue weighted by atomic mass is 32.2. The van der Waals surface area contributed by atoms with Crippen molar-refractivity contribution in [1.29, 1.82) is 0 Å². The van der Waals surface area contributed by atoms with Crippen molar-refractivity contribution in [2.75, 3.05) is 12.8 Å². The Morgan fingerprint density at radius 1 is 1.22 bits per heavy atom. The Bertz CT molecular complexity index is 906. The largest absolute Gasteiger partial charge is 0.367 e. The summed E-state index contributed by atoms with van der Waals surface area (Å²) in [5.74, 6) is 0.810. The van der Waals surface area contributed by atoms with E-state index < -0.39 is 12.1 Å². The molecule has 174 valence electrons. The first-order chi connectivity index (χ1) is 15.2. The standard InChI is InChI=1S/C24H34N4O2S2/c1-14(25-4)22(31)27-18-11-12-32-19-13-24(2,3)20(28(19)23(18)30)21(29)26-17-10-9-15-7-5-6-8-16(15)17/h5-8,14,17-20,25H,9-13H2,1-4H3,(H,26,29)(H,27,31)/t14?,17-,18?,19?,20?/m1/s1. The number of aryl methyl sites for hydroxylation is 1. The van der Waals surface area contributed by atoms with Crippen LogP contribution in [0, 0.1) is 5.41 Å². The number of benzene rings is 1. The molecule has 0 aromatic heterocycles. The van der Waals surface area contributed by atoms with Crippen LogP contribution in [0.5, 0.6) is 0 Å². The molecular formula is C24H34N4O2S2. The van der Waals surface area contributed by atoms with Crippen LogP contribution in [0.2, 0.25) is 0 Å². The van der Waals surface area contributed by atoms with Crippen molar-refractivity contribution in [2.24, 2.45) is 5.41 Å². The molecule has 2 saturated heterocycles. The molecule has 4 unspecified atom stereocenters. The molecule has 2 fully saturated rings. The van der Waals surface area contributed by atoms with Gasteiger partial charge in [0, 0.05) is 0 Å². The van der Waals surface area contributed by atoms with Gasteiger partial charge in [0.2, 0.25) is 11.8 Å². The lowest BCUT2D eigenvalue weighted by atomic mass is 9.84. The predicted octanol–water partition coefficient (Wildman–Crippen LogP) is 2.77. The first-order valence-electron chi connectivity index (χ1n) is 11.5. The number of likely N-dealkylation sites (N-methyl/N-ethyl adjacent to an activating group) is 1. The van der Waals surface area contributed by atoms with Gasteiger partial charge in [-0.05, 0) is 61.9 Å². The fourth-order valence-electron chi connectivity index (χ4n) is 5.24. The van der Waals surface area contributed by atoms with Crippen molar-refractivity contribution in [3.63, 3.8) is 0 Å². The van der Waals surface area contributed by atoms with Gasteiger partial charge in [0.25, 0.3) is 0 Å². The van der Waals surface area contributed by atoms with Gasteiger partial charge in [-0.25, -0.2) is 0 Å². The molecule has 0 saturated carbocycles. The molecule has 0 radical (unpaired) electrons. The Balaban J connectivity index is 1.55. The van der Waals surface area contributed by atoms with Crippen LogP contribution in [0.4, 0.5) is 0 Å². The Morgan fingerprint density at radius 3 is 2.72 bits per heavy atom. The van der Waals surface area contributed by atoms with Crippen molar-refractivity contribution in [3.05, 3.63) is 35.4 Å². The first-order valence-corrected chi connectivity index (χ1v) is 13.0. The number of rotatable bonds is 5. The summed E-state index contributed by atoms with van der Waals surface area (Å²) < 4.78 is 0. The summed E-state index contributed by atoms with van der Waals surface area (Å²) in [6, 6.07) is 7.43. The number of hydrogen-bond donors (Lipinski definition) is 3. The zero-order chi connectivity index (χ0) is 23.0. The number of fused-ring (bicyclic) bond motifs is 2. The molecule has 2 aliphatic heterocycles. The lowest BCUT2D eigenvalue weighted by Crippen LogP contribution is -2.57. The van der Waals surface area contributed by atoms with Gasteiger partial charge < -0.3 is 20.9 Å². The molecular weight excluding hydrogens is 440 g/mol. The van der Waals surface area contributed by atoms with Crippen molar-refractivity contribution in [3.8, 4) is 0 Å². The lowest BCUT2D eigenvalue weighted by Gasteiger charge is -2.35. The number of carbonyl (C=O) groups excluding carboxylic acids is 2. The molecule has 1 aromatic rings. The molecule has 6 nitrogen and oxygen atoms in total. The summed E-state index contributed by atoms with van der Waals surface area (Å²) in [6.45, 7) is 6.19. The Hall–Kier alpha value is -1.64. The SMILES string of the molecule is CNC(C)C(=S)NC1CCSC2CC(C)(C)C(C(=O)N[C@@H]3CCc4ccccc43)N2C1=O. The van der Waals surface area contributed by atoms with Crippen LogP contribution >= 0.6 is 24.0 Å². The Kier molecular flexibility index (Phi) is 6.84. The first kappa shape index (κ1) is 23.5. The second-order valence-electron chi connectivity index (χ2n) is 9.83. The molecule has 3 aliphatic rings. The molecule has 0 bridgehead atoms. The quantitative estimate of drug-likeness (QED) is 0.570. The zero-order valence-electron chi connectivity index (χ0n) is 19.3. The van der Waals surface area contributed by atoms with Crippen molar-refractivity contribution in [1.82, 2.24) is 20.9 Å². The molecule has 1 aromatic carbocycles. The van der Waals surface area contributed by atoms with Crippen LogP contribution < -0.4 is 16.0 Å². The minimum Gasteiger partial charge on any atom is -0.367 e. The zero-order valence-corrected chi connectivity index (χ0v) is 20.9. The fraction of sp³-hybridized carbons (Fsp3) is 0.625. The second kappa shape index (κ2) is 9.31. The number of nitrogens with one attached hydrogen (secondary N) is 3. The molecule has 4 rings (SSSR count). The third-order valence-corrected chi connectivity index (χ3v) is 8.86. The fourth-order valence-corrected chi connectivity index (χ4v) is 7.07. The highest BCUT2D eigenvalue weighted by Gasteiger charge is 2.54. The number of thioether (sulfide) groups is 1. The van der Waals surface area contributed by atoms with Gasteiger partial charge >= 0.3 is 0 Å². The molecule has 0 spiro atoms. The lowest BCUT2D eigenvalue weighted by molar-refractivity contribution is -0.142. The summed E-state index contributed by atoms with van der Waals surface area (Å²) in [7, 11) is 1.85. The van der Waals surface area contributed by atoms with Crippen LogP contribution in [0.25, 0.3) is 0 Å². The van der Waals surface area contributed by atoms with E-state index in [9.17, 15) is 9.59 Å². The van der Waals surface area contributed by atoms with E-state index in [1.807, 2.05) is 31.0 Å². The van der Waals surface area contributed by atoms with Crippen molar-refractivity contribution in [2.45, 2.75) is 76.0 Å². The highest BCUT2D eigenvalue weighted by molar-refractivity contribution is 7.99. The van der Waals surface area contributed by atoms with Crippen molar-refractivity contribution < 1.29 is 9.59 Å². The summed E-state index contributed by atoms with van der Waals surface area (Å²) >= 11 is 7.29. The van der Waals surface area contributed by atoms with Crippen LogP contribution in [0.3, 0.4) is 0 Å². The van der Waals surface area contributed by atoms with E-state index >= 15 is 0 Å². The van der Waals surface area contributed by atoms with E-state index in [0.717, 1.165) is 25.0 Å². The average molecular weight is 475 g/mol. The van der Waals surface area contributed by atoms with E-state index in [-0.39, 0.29) is 34.7 Å². The summed E-state index contributed by atoms with van der Waals surface area (Å²) in [5, 5.41) is 9.71. The van der Waals surface area contributed by atoms with Gasteiger partial charge in [0.1, 0.15) is 12.1 Å². The monoisotopic (exact) mass is 474 g/mol. The summed E-state index contributed by atoms with van der Waals surface area (Å²) in [6.07, 6.45) is 3.40. The van der Waals surface area contributed by atoms with Crippen LogP contribution in [0.15, 0.2) is 24.3 Å². The van der Waals surface area contributed by atoms with E-state index in [0.29, 0.717) is 11.4 Å². The predicted molar refractivity (Wildman–Crippen MR) is 134 cm³/mol. The van der Waals surface area contributed by atoms with Crippen molar-refractivity contribution >= 4 is 40.8 Å². The van der Waals surface area contributed by atoms with Crippen LogP contribution in [-0.2, 0) is 16.0 Å². The average Bonchev–Trinajstić information content (AvgIpc) is 3.24. The molecule has 32 heavy (non-hydrogen) atoms. The van der Waals surface area contributed by atoms with E-state index in [1.54, 1.807) is 11.8 Å². The maximum Gasteiger partial charge on any atom is 0.246 e. The molecule has 3 N–H and O–H groups in total. The maximum atomic E-state index is 13.7. The molecule has 1 aliphatic carbocycles. The summed E-state index contributed by atoms with van der Waals surface area (Å²) in [5.41, 5.74) is 2.21. The van der Waals surface area contributed by atoms with E-state index in [4.69, 9.17) is 12.2 Å². The van der Waals surface area contributed by atoms with Crippen LogP contribution in [0.1, 0.15) is 57.2 Å². The minimum atomic E-state index is -0.488. The van der Waals surface area contributed by atoms with Gasteiger partial charge in [-0.3, -0.25) is 9.59 Å². The smallest absolute Gasteiger partial charge is 0.246 e. The number of hydrogen-bond acceptors (Lipinski definition) is 5. The molecule has 2 amide bonds. The second-order valence-corrected chi connectivity index (χ2v) is 11.6. The molecule has 8 heteroatoms. The Morgan fingerprint density at radius 2 is 1.97 bits per heavy atom. The third-order valence-electron chi connectivity index (χ3n) is 7.14. The van der Waals surface area contributed by atoms with Gasteiger partial charge in [0.05, 0.1) is 22.4 Å². The van der Waals surface area contributed by atoms with Gasteiger partial charge in [-0.1, -0.05) is 50.3 Å². The van der Waals surface area contributed by atoms with E-state index in [2.05, 4.69) is 41.9 Å². The van der Waals surface area contributed by atoms with E-state index in [1.165, 1.54) is 11.1 Å². The highest BCUT2D eigenvalue weighted by Crippen LogP contribution is 2.46. The van der Waals surface area contributed by atoms with Gasteiger partial charge in [-0.15, -0.1) is 11.8 Å². The normalized spacial score (nSPS) is 29.6. The number of nitrogens with zero attached hydrogens (tertiary/aromatic N) is 1. The third kappa shape index (κ3) is 4.41. The van der Waals surface area contributed by atoms with Gasteiger partial charge in [-0.2, -0.15) is 0 Å². The molecule has 2 heterocycles. The number of carbonyl (C=O) groups is 2. The minimum absolute atomic E-state index is 0.0109. The number of thiocarbonyl (C=S) groups is 1. The summed E-state index contributed by atoms with van der Waals surface area (Å²) in [4.78, 5) is 29.8. The number of amides is 2. The topological polar surface area (TPSA) is 73.5 Å². The van der Waals surface area contributed by atoms with Crippen LogP contribution in [-0.4, -0.2) is 58.0 Å². The Labute approximate surface area is 200 Å². The van der Waals surface area contributed by atoms with Gasteiger partial charge in [0.15, 0.2) is 0 Å². The molecule has 5 atom stereocenters.